The first-order valence-corrected chi connectivity index (χ1v) is 7.76. The van der Waals surface area contributed by atoms with Crippen LogP contribution >= 0.6 is 0 Å². The summed E-state index contributed by atoms with van der Waals surface area (Å²) in [6.45, 7) is 3.84. The largest absolute Gasteiger partial charge is 0.497 e. The molecule has 1 aromatic carbocycles. The van der Waals surface area contributed by atoms with Crippen molar-refractivity contribution in [2.45, 2.75) is 50.4 Å². The van der Waals surface area contributed by atoms with Crippen molar-refractivity contribution >= 4 is 0 Å². The van der Waals surface area contributed by atoms with Crippen molar-refractivity contribution in [3.63, 3.8) is 0 Å². The molecule has 1 heterocycles. The highest BCUT2D eigenvalue weighted by Gasteiger charge is 2.58. The van der Waals surface area contributed by atoms with Gasteiger partial charge in [-0.2, -0.15) is 0 Å². The van der Waals surface area contributed by atoms with Crippen molar-refractivity contribution in [2.75, 3.05) is 7.11 Å². The third-order valence-corrected chi connectivity index (χ3v) is 5.15. The predicted octanol–water partition coefficient (Wildman–Crippen LogP) is 3.46. The highest BCUT2D eigenvalue weighted by Crippen LogP contribution is 2.55. The van der Waals surface area contributed by atoms with Crippen LogP contribution in [0.5, 0.6) is 5.75 Å². The number of aliphatic hydroxyl groups is 1. The second kappa shape index (κ2) is 5.47. The summed E-state index contributed by atoms with van der Waals surface area (Å²) in [5, 5.41) is 11.0. The van der Waals surface area contributed by atoms with Gasteiger partial charge in [0, 0.05) is 11.8 Å². The third kappa shape index (κ3) is 2.49. The number of rotatable bonds is 4. The Morgan fingerprint density at radius 2 is 2.05 bits per heavy atom. The average Bonchev–Trinajstić information content (AvgIpc) is 2.80. The molecule has 0 radical (unpaired) electrons. The Kier molecular flexibility index (Phi) is 3.80. The SMILES string of the molecule is C=C[C@@H]1C[C@]2(Cc3ccc(OC)cc3)CCCC[C@]2(O)O1. The number of methoxy groups -OCH3 is 1. The summed E-state index contributed by atoms with van der Waals surface area (Å²) in [6.07, 6.45) is 7.43. The Labute approximate surface area is 126 Å². The monoisotopic (exact) mass is 288 g/mol. The van der Waals surface area contributed by atoms with E-state index in [9.17, 15) is 5.11 Å². The predicted molar refractivity (Wildman–Crippen MR) is 82.2 cm³/mol. The summed E-state index contributed by atoms with van der Waals surface area (Å²) >= 11 is 0. The first kappa shape index (κ1) is 14.6. The molecule has 0 bridgehead atoms. The van der Waals surface area contributed by atoms with Gasteiger partial charge in [0.1, 0.15) is 5.75 Å². The van der Waals surface area contributed by atoms with Crippen LogP contribution in [-0.2, 0) is 11.2 Å². The molecule has 114 valence electrons. The fraction of sp³-hybridized carbons (Fsp3) is 0.556. The number of benzene rings is 1. The summed E-state index contributed by atoms with van der Waals surface area (Å²) in [7, 11) is 1.67. The van der Waals surface area contributed by atoms with Crippen LogP contribution in [0.25, 0.3) is 0 Å². The van der Waals surface area contributed by atoms with Gasteiger partial charge in [-0.25, -0.2) is 0 Å². The van der Waals surface area contributed by atoms with Crippen molar-refractivity contribution in [2.24, 2.45) is 5.41 Å². The second-order valence-corrected chi connectivity index (χ2v) is 6.39. The first-order chi connectivity index (χ1) is 10.1. The van der Waals surface area contributed by atoms with Crippen LogP contribution in [0.15, 0.2) is 36.9 Å². The Morgan fingerprint density at radius 3 is 2.71 bits per heavy atom. The normalized spacial score (nSPS) is 35.2. The molecule has 1 aliphatic heterocycles. The Balaban J connectivity index is 1.87. The lowest BCUT2D eigenvalue weighted by molar-refractivity contribution is -0.251. The zero-order valence-electron chi connectivity index (χ0n) is 12.7. The van der Waals surface area contributed by atoms with E-state index in [2.05, 4.69) is 18.7 Å². The quantitative estimate of drug-likeness (QED) is 0.862. The van der Waals surface area contributed by atoms with Gasteiger partial charge in [0.05, 0.1) is 13.2 Å². The maximum Gasteiger partial charge on any atom is 0.172 e. The summed E-state index contributed by atoms with van der Waals surface area (Å²) < 4.78 is 11.1. The molecular weight excluding hydrogens is 264 g/mol. The van der Waals surface area contributed by atoms with Gasteiger partial charge in [-0.1, -0.05) is 24.6 Å². The molecule has 1 aromatic rings. The number of hydrogen-bond acceptors (Lipinski definition) is 3. The van der Waals surface area contributed by atoms with Gasteiger partial charge in [-0.3, -0.25) is 0 Å². The lowest BCUT2D eigenvalue weighted by atomic mass is 9.65. The van der Waals surface area contributed by atoms with E-state index in [1.807, 2.05) is 18.2 Å². The lowest BCUT2D eigenvalue weighted by Crippen LogP contribution is -2.48. The van der Waals surface area contributed by atoms with Crippen LogP contribution in [0.1, 0.15) is 37.7 Å². The van der Waals surface area contributed by atoms with Gasteiger partial charge in [0.15, 0.2) is 5.79 Å². The highest BCUT2D eigenvalue weighted by molar-refractivity contribution is 5.29. The summed E-state index contributed by atoms with van der Waals surface area (Å²) in [5.74, 6) is -0.133. The van der Waals surface area contributed by atoms with Crippen molar-refractivity contribution in [3.8, 4) is 5.75 Å². The van der Waals surface area contributed by atoms with E-state index in [0.717, 1.165) is 44.3 Å². The standard InChI is InChI=1S/C18H24O3/c1-3-15-13-17(10-4-5-11-18(17,19)21-15)12-14-6-8-16(20-2)9-7-14/h3,6-9,15,19H,1,4-5,10-13H2,2H3/t15-,17-,18+/m1/s1. The molecule has 2 aliphatic rings. The Morgan fingerprint density at radius 1 is 1.33 bits per heavy atom. The molecule has 0 spiro atoms. The minimum atomic E-state index is -0.996. The molecule has 3 heteroatoms. The van der Waals surface area contributed by atoms with E-state index in [4.69, 9.17) is 9.47 Å². The molecular formula is C18H24O3. The van der Waals surface area contributed by atoms with Gasteiger partial charge in [0.25, 0.3) is 0 Å². The van der Waals surface area contributed by atoms with E-state index >= 15 is 0 Å². The molecule has 1 saturated heterocycles. The van der Waals surface area contributed by atoms with E-state index in [1.165, 1.54) is 5.56 Å². The van der Waals surface area contributed by atoms with Gasteiger partial charge in [-0.15, -0.1) is 6.58 Å². The van der Waals surface area contributed by atoms with Crippen molar-refractivity contribution in [3.05, 3.63) is 42.5 Å². The molecule has 3 atom stereocenters. The molecule has 21 heavy (non-hydrogen) atoms. The summed E-state index contributed by atoms with van der Waals surface area (Å²) in [5.41, 5.74) is 1.04. The number of fused-ring (bicyclic) bond motifs is 1. The van der Waals surface area contributed by atoms with Crippen LogP contribution in [0.2, 0.25) is 0 Å². The highest BCUT2D eigenvalue weighted by atomic mass is 16.6. The van der Waals surface area contributed by atoms with Gasteiger partial charge in [-0.05, 0) is 43.4 Å². The third-order valence-electron chi connectivity index (χ3n) is 5.15. The van der Waals surface area contributed by atoms with E-state index in [0.29, 0.717) is 0 Å². The van der Waals surface area contributed by atoms with E-state index in [-0.39, 0.29) is 11.5 Å². The van der Waals surface area contributed by atoms with Crippen LogP contribution in [0.3, 0.4) is 0 Å². The van der Waals surface area contributed by atoms with Crippen LogP contribution in [0.4, 0.5) is 0 Å². The topological polar surface area (TPSA) is 38.7 Å². The zero-order valence-corrected chi connectivity index (χ0v) is 12.7. The van der Waals surface area contributed by atoms with E-state index < -0.39 is 5.79 Å². The maximum atomic E-state index is 11.0. The van der Waals surface area contributed by atoms with Crippen LogP contribution in [-0.4, -0.2) is 24.1 Å². The number of ether oxygens (including phenoxy) is 2. The smallest absolute Gasteiger partial charge is 0.172 e. The second-order valence-electron chi connectivity index (χ2n) is 6.39. The fourth-order valence-electron chi connectivity index (χ4n) is 3.98. The molecule has 0 aromatic heterocycles. The van der Waals surface area contributed by atoms with Gasteiger partial charge >= 0.3 is 0 Å². The summed E-state index contributed by atoms with van der Waals surface area (Å²) in [6, 6.07) is 8.14. The van der Waals surface area contributed by atoms with Crippen molar-refractivity contribution in [1.29, 1.82) is 0 Å². The zero-order chi connectivity index (χ0) is 14.9. The molecule has 3 nitrogen and oxygen atoms in total. The Hall–Kier alpha value is -1.32. The molecule has 2 fully saturated rings. The molecule has 1 saturated carbocycles. The number of hydrogen-bond donors (Lipinski definition) is 1. The first-order valence-electron chi connectivity index (χ1n) is 7.76. The van der Waals surface area contributed by atoms with Gasteiger partial charge < -0.3 is 14.6 Å². The average molecular weight is 288 g/mol. The maximum absolute atomic E-state index is 11.0. The molecule has 1 aliphatic carbocycles. The minimum Gasteiger partial charge on any atom is -0.497 e. The van der Waals surface area contributed by atoms with E-state index in [1.54, 1.807) is 7.11 Å². The Bertz CT molecular complexity index is 510. The van der Waals surface area contributed by atoms with Crippen LogP contribution < -0.4 is 4.74 Å². The lowest BCUT2D eigenvalue weighted by Gasteiger charge is -2.44. The molecule has 0 amide bonds. The fourth-order valence-corrected chi connectivity index (χ4v) is 3.98. The van der Waals surface area contributed by atoms with Crippen molar-refractivity contribution in [1.82, 2.24) is 0 Å². The van der Waals surface area contributed by atoms with Gasteiger partial charge in [0.2, 0.25) is 0 Å². The molecule has 0 unspecified atom stereocenters. The molecule has 1 N–H and O–H groups in total. The molecule has 3 rings (SSSR count). The van der Waals surface area contributed by atoms with Crippen LogP contribution in [0, 0.1) is 5.41 Å². The summed E-state index contributed by atoms with van der Waals surface area (Å²) in [4.78, 5) is 0. The minimum absolute atomic E-state index is 0.0358. The van der Waals surface area contributed by atoms with Crippen molar-refractivity contribution < 1.29 is 14.6 Å².